The number of nitrogens with two attached hydrogens (primary N) is 1. The normalized spacial score (nSPS) is 28.5. The first kappa shape index (κ1) is 17.7. The molecule has 5 nitrogen and oxygen atoms in total. The highest BCUT2D eigenvalue weighted by molar-refractivity contribution is 7.91. The van der Waals surface area contributed by atoms with Crippen molar-refractivity contribution in [2.45, 2.75) is 76.9 Å². The molecule has 0 spiro atoms. The number of hydrogen-bond donors (Lipinski definition) is 1. The van der Waals surface area contributed by atoms with E-state index in [1.54, 1.807) is 0 Å². The number of hydrogen-bond acceptors (Lipinski definition) is 4. The Hall–Kier alpha value is -0.620. The van der Waals surface area contributed by atoms with Crippen molar-refractivity contribution in [3.63, 3.8) is 0 Å². The lowest BCUT2D eigenvalue weighted by Crippen LogP contribution is -2.65. The van der Waals surface area contributed by atoms with Gasteiger partial charge in [0.2, 0.25) is 5.91 Å². The zero-order valence-electron chi connectivity index (χ0n) is 14.3. The second kappa shape index (κ2) is 5.78. The van der Waals surface area contributed by atoms with Gasteiger partial charge >= 0.3 is 0 Å². The van der Waals surface area contributed by atoms with E-state index in [1.807, 2.05) is 4.90 Å². The fourth-order valence-electron chi connectivity index (χ4n) is 4.51. The van der Waals surface area contributed by atoms with Crippen molar-refractivity contribution in [2.75, 3.05) is 11.5 Å². The third kappa shape index (κ3) is 3.82. The predicted octanol–water partition coefficient (Wildman–Crippen LogP) is 1.71. The van der Waals surface area contributed by atoms with Crippen LogP contribution < -0.4 is 5.73 Å². The Balaban J connectivity index is 2.07. The molecule has 128 valence electrons. The van der Waals surface area contributed by atoms with Crippen molar-refractivity contribution in [2.24, 2.45) is 11.7 Å². The fraction of sp³-hybridized carbons (Fsp3) is 0.938. The molecule has 2 aliphatic heterocycles. The van der Waals surface area contributed by atoms with Crippen molar-refractivity contribution in [3.05, 3.63) is 0 Å². The van der Waals surface area contributed by atoms with Gasteiger partial charge < -0.3 is 10.6 Å². The molecule has 22 heavy (non-hydrogen) atoms. The summed E-state index contributed by atoms with van der Waals surface area (Å²) in [7, 11) is -2.87. The van der Waals surface area contributed by atoms with Crippen molar-refractivity contribution in [1.29, 1.82) is 0 Å². The first-order chi connectivity index (χ1) is 9.93. The number of likely N-dealkylation sites (tertiary alicyclic amines) is 1. The standard InChI is InChI=1S/C16H30N2O3S/c1-15(2)10-13(17)11-16(3,4)18(15)14(19)9-12-5-7-22(20,21)8-6-12/h12-13H,5-11,17H2,1-4H3. The lowest BCUT2D eigenvalue weighted by molar-refractivity contribution is -0.150. The van der Waals surface area contributed by atoms with Crippen LogP contribution in [-0.4, -0.2) is 47.9 Å². The van der Waals surface area contributed by atoms with E-state index in [2.05, 4.69) is 27.7 Å². The summed E-state index contributed by atoms with van der Waals surface area (Å²) in [6, 6.07) is 0.119. The van der Waals surface area contributed by atoms with Crippen molar-refractivity contribution >= 4 is 15.7 Å². The zero-order valence-corrected chi connectivity index (χ0v) is 15.1. The second-order valence-electron chi connectivity index (χ2n) is 8.32. The molecule has 2 saturated heterocycles. The number of rotatable bonds is 2. The van der Waals surface area contributed by atoms with E-state index in [0.717, 1.165) is 12.8 Å². The topological polar surface area (TPSA) is 80.5 Å². The summed E-state index contributed by atoms with van der Waals surface area (Å²) < 4.78 is 23.0. The Kier molecular flexibility index (Phi) is 4.66. The first-order valence-corrected chi connectivity index (χ1v) is 10.0. The molecule has 1 amide bonds. The summed E-state index contributed by atoms with van der Waals surface area (Å²) in [6.45, 7) is 8.32. The van der Waals surface area contributed by atoms with Crippen LogP contribution in [0.1, 0.15) is 59.8 Å². The number of piperidine rings is 1. The van der Waals surface area contributed by atoms with Crippen LogP contribution in [0, 0.1) is 5.92 Å². The van der Waals surface area contributed by atoms with Gasteiger partial charge in [0, 0.05) is 23.5 Å². The van der Waals surface area contributed by atoms with E-state index >= 15 is 0 Å². The van der Waals surface area contributed by atoms with Crippen LogP contribution in [0.5, 0.6) is 0 Å². The van der Waals surface area contributed by atoms with Gasteiger partial charge in [-0.05, 0) is 59.3 Å². The van der Waals surface area contributed by atoms with Crippen molar-refractivity contribution < 1.29 is 13.2 Å². The summed E-state index contributed by atoms with van der Waals surface area (Å²) >= 11 is 0. The van der Waals surface area contributed by atoms with Gasteiger partial charge in [0.05, 0.1) is 11.5 Å². The number of sulfone groups is 1. The molecule has 6 heteroatoms. The molecule has 0 atom stereocenters. The number of amides is 1. The molecule has 2 fully saturated rings. The van der Waals surface area contributed by atoms with Gasteiger partial charge in [-0.1, -0.05) is 0 Å². The van der Waals surface area contributed by atoms with Crippen molar-refractivity contribution in [1.82, 2.24) is 4.90 Å². The van der Waals surface area contributed by atoms with Crippen LogP contribution in [-0.2, 0) is 14.6 Å². The maximum atomic E-state index is 12.9. The Bertz CT molecular complexity index is 508. The van der Waals surface area contributed by atoms with Gasteiger partial charge in [0.25, 0.3) is 0 Å². The number of carbonyl (C=O) groups is 1. The van der Waals surface area contributed by atoms with E-state index in [1.165, 1.54) is 0 Å². The van der Waals surface area contributed by atoms with E-state index in [9.17, 15) is 13.2 Å². The maximum Gasteiger partial charge on any atom is 0.223 e. The molecule has 0 aromatic heterocycles. The summed E-state index contributed by atoms with van der Waals surface area (Å²) in [6.07, 6.45) is 3.30. The van der Waals surface area contributed by atoms with Crippen LogP contribution >= 0.6 is 0 Å². The molecule has 0 bridgehead atoms. The van der Waals surface area contributed by atoms with E-state index in [0.29, 0.717) is 19.3 Å². The SMILES string of the molecule is CC1(C)CC(N)CC(C)(C)N1C(=O)CC1CCS(=O)(=O)CC1. The van der Waals surface area contributed by atoms with Gasteiger partial charge in [-0.3, -0.25) is 4.79 Å². The molecule has 0 saturated carbocycles. The van der Waals surface area contributed by atoms with E-state index in [4.69, 9.17) is 5.73 Å². The minimum absolute atomic E-state index is 0.119. The Morgan fingerprint density at radius 3 is 2.00 bits per heavy atom. The van der Waals surface area contributed by atoms with Crippen LogP contribution in [0.3, 0.4) is 0 Å². The lowest BCUT2D eigenvalue weighted by Gasteiger charge is -2.55. The van der Waals surface area contributed by atoms with E-state index in [-0.39, 0.29) is 40.5 Å². The Labute approximate surface area is 134 Å². The molecule has 2 N–H and O–H groups in total. The summed E-state index contributed by atoms with van der Waals surface area (Å²) in [5.74, 6) is 0.787. The third-order valence-corrected chi connectivity index (χ3v) is 6.84. The summed E-state index contributed by atoms with van der Waals surface area (Å²) in [4.78, 5) is 14.9. The number of nitrogens with zero attached hydrogens (tertiary/aromatic N) is 1. The molecule has 2 heterocycles. The molecule has 0 aliphatic carbocycles. The third-order valence-electron chi connectivity index (χ3n) is 5.12. The fourth-order valence-corrected chi connectivity index (χ4v) is 6.10. The summed E-state index contributed by atoms with van der Waals surface area (Å²) in [5, 5.41) is 0. The Morgan fingerprint density at radius 1 is 1.09 bits per heavy atom. The molecule has 2 rings (SSSR count). The monoisotopic (exact) mass is 330 g/mol. The quantitative estimate of drug-likeness (QED) is 0.836. The molecule has 0 aromatic rings. The highest BCUT2D eigenvalue weighted by Gasteiger charge is 2.47. The average molecular weight is 330 g/mol. The Morgan fingerprint density at radius 2 is 1.55 bits per heavy atom. The average Bonchev–Trinajstić information content (AvgIpc) is 2.27. The van der Waals surface area contributed by atoms with Crippen LogP contribution in [0.2, 0.25) is 0 Å². The molecule has 0 aromatic carbocycles. The first-order valence-electron chi connectivity index (χ1n) is 8.22. The summed E-state index contributed by atoms with van der Waals surface area (Å²) in [5.41, 5.74) is 5.66. The van der Waals surface area contributed by atoms with Gasteiger partial charge in [0.1, 0.15) is 9.84 Å². The molecule has 0 radical (unpaired) electrons. The number of carbonyl (C=O) groups excluding carboxylic acids is 1. The predicted molar refractivity (Wildman–Crippen MR) is 88.2 cm³/mol. The van der Waals surface area contributed by atoms with Crippen molar-refractivity contribution in [3.8, 4) is 0 Å². The van der Waals surface area contributed by atoms with Gasteiger partial charge in [-0.2, -0.15) is 0 Å². The second-order valence-corrected chi connectivity index (χ2v) is 10.6. The molecule has 0 unspecified atom stereocenters. The maximum absolute atomic E-state index is 12.9. The van der Waals surface area contributed by atoms with E-state index < -0.39 is 9.84 Å². The van der Waals surface area contributed by atoms with Crippen LogP contribution in [0.15, 0.2) is 0 Å². The van der Waals surface area contributed by atoms with Crippen LogP contribution in [0.25, 0.3) is 0 Å². The molecular weight excluding hydrogens is 300 g/mol. The minimum Gasteiger partial charge on any atom is -0.332 e. The smallest absolute Gasteiger partial charge is 0.223 e. The highest BCUT2D eigenvalue weighted by atomic mass is 32.2. The molecule has 2 aliphatic rings. The highest BCUT2D eigenvalue weighted by Crippen LogP contribution is 2.39. The lowest BCUT2D eigenvalue weighted by atomic mass is 9.76. The van der Waals surface area contributed by atoms with Gasteiger partial charge in [-0.25, -0.2) is 8.42 Å². The van der Waals surface area contributed by atoms with Gasteiger partial charge in [0.15, 0.2) is 0 Å². The largest absolute Gasteiger partial charge is 0.332 e. The van der Waals surface area contributed by atoms with Gasteiger partial charge in [-0.15, -0.1) is 0 Å². The van der Waals surface area contributed by atoms with Crippen LogP contribution in [0.4, 0.5) is 0 Å². The minimum atomic E-state index is -2.87. The molecular formula is C16H30N2O3S. The zero-order chi connectivity index (χ0) is 16.8.